The van der Waals surface area contributed by atoms with Crippen molar-refractivity contribution in [3.8, 4) is 0 Å². The molecule has 4 saturated carbocycles. The average molecular weight is 405 g/mol. The molecular weight excluding hydrogens is 376 g/mol. The van der Waals surface area contributed by atoms with Crippen LogP contribution < -0.4 is 0 Å². The summed E-state index contributed by atoms with van der Waals surface area (Å²) in [5, 5.41) is 12.2. The monoisotopic (exact) mass is 404 g/mol. The summed E-state index contributed by atoms with van der Waals surface area (Å²) in [6, 6.07) is 8.55. The molecule has 1 aromatic heterocycles. The summed E-state index contributed by atoms with van der Waals surface area (Å²) >= 11 is 0. The second-order valence-corrected chi connectivity index (χ2v) is 10.8. The number of nitrogens with zero attached hydrogens (tertiary/aromatic N) is 2. The SMILES string of the molecule is CC1(C)C(=O)N([C@@H]2C3CC4C[C@H]2C[C@@](C(=O)O)(C4)C3)C1c1cccc2cnccc12. The molecule has 5 fully saturated rings. The van der Waals surface area contributed by atoms with Crippen molar-refractivity contribution in [2.45, 2.75) is 58.0 Å². The van der Waals surface area contributed by atoms with E-state index in [0.29, 0.717) is 17.8 Å². The van der Waals surface area contributed by atoms with Crippen LogP contribution in [0.25, 0.3) is 10.8 Å². The van der Waals surface area contributed by atoms with Crippen molar-refractivity contribution in [1.82, 2.24) is 9.88 Å². The number of hydrogen-bond donors (Lipinski definition) is 1. The molecule has 156 valence electrons. The number of rotatable bonds is 3. The molecule has 5 heteroatoms. The van der Waals surface area contributed by atoms with Crippen molar-refractivity contribution in [1.29, 1.82) is 0 Å². The highest BCUT2D eigenvalue weighted by Gasteiger charge is 2.65. The van der Waals surface area contributed by atoms with Gasteiger partial charge in [0.2, 0.25) is 5.91 Å². The average Bonchev–Trinajstić information content (AvgIpc) is 2.71. The van der Waals surface area contributed by atoms with Crippen molar-refractivity contribution in [2.24, 2.45) is 28.6 Å². The topological polar surface area (TPSA) is 70.5 Å². The Kier molecular flexibility index (Phi) is 3.57. The normalized spacial score (nSPS) is 38.7. The molecule has 30 heavy (non-hydrogen) atoms. The lowest BCUT2D eigenvalue weighted by Crippen LogP contribution is -2.70. The van der Waals surface area contributed by atoms with Gasteiger partial charge in [0.15, 0.2) is 0 Å². The molecule has 4 bridgehead atoms. The van der Waals surface area contributed by atoms with Gasteiger partial charge in [-0.1, -0.05) is 18.2 Å². The zero-order chi connectivity index (χ0) is 20.8. The molecule has 4 aliphatic carbocycles. The molecule has 5 nitrogen and oxygen atoms in total. The molecule has 2 heterocycles. The number of amides is 1. The third-order valence-corrected chi connectivity index (χ3v) is 8.75. The van der Waals surface area contributed by atoms with Gasteiger partial charge in [-0.05, 0) is 80.7 Å². The van der Waals surface area contributed by atoms with Crippen LogP contribution in [0.4, 0.5) is 0 Å². The van der Waals surface area contributed by atoms with Crippen molar-refractivity contribution in [2.75, 3.05) is 0 Å². The number of likely N-dealkylation sites (tertiary alicyclic amines) is 1. The van der Waals surface area contributed by atoms with E-state index in [2.05, 4.69) is 48.0 Å². The Bertz CT molecular complexity index is 1060. The van der Waals surface area contributed by atoms with E-state index in [-0.39, 0.29) is 18.0 Å². The number of benzene rings is 1. The summed E-state index contributed by atoms with van der Waals surface area (Å²) in [6.07, 6.45) is 8.16. The Morgan fingerprint density at radius 1 is 1.13 bits per heavy atom. The number of aromatic nitrogens is 1. The van der Waals surface area contributed by atoms with Crippen LogP contribution in [0.5, 0.6) is 0 Å². The van der Waals surface area contributed by atoms with Gasteiger partial charge >= 0.3 is 5.97 Å². The highest BCUT2D eigenvalue weighted by atomic mass is 16.4. The Morgan fingerprint density at radius 2 is 1.87 bits per heavy atom. The summed E-state index contributed by atoms with van der Waals surface area (Å²) in [5.41, 5.74) is 0.203. The first-order chi connectivity index (χ1) is 14.3. The zero-order valence-corrected chi connectivity index (χ0v) is 17.5. The lowest BCUT2D eigenvalue weighted by molar-refractivity contribution is -0.202. The van der Waals surface area contributed by atoms with Crippen LogP contribution >= 0.6 is 0 Å². The van der Waals surface area contributed by atoms with Crippen LogP contribution in [-0.4, -0.2) is 32.9 Å². The Labute approximate surface area is 176 Å². The van der Waals surface area contributed by atoms with Crippen LogP contribution in [0, 0.1) is 28.6 Å². The molecule has 0 spiro atoms. The van der Waals surface area contributed by atoms with E-state index in [1.54, 1.807) is 0 Å². The first-order valence-corrected chi connectivity index (χ1v) is 11.2. The number of pyridine rings is 1. The maximum absolute atomic E-state index is 13.4. The second-order valence-electron chi connectivity index (χ2n) is 10.8. The fourth-order valence-corrected chi connectivity index (χ4v) is 7.79. The van der Waals surface area contributed by atoms with Gasteiger partial charge < -0.3 is 10.0 Å². The highest BCUT2D eigenvalue weighted by molar-refractivity contribution is 5.94. The van der Waals surface area contributed by atoms with Gasteiger partial charge in [-0.3, -0.25) is 14.6 Å². The minimum Gasteiger partial charge on any atom is -0.481 e. The quantitative estimate of drug-likeness (QED) is 0.769. The van der Waals surface area contributed by atoms with Crippen molar-refractivity contribution in [3.63, 3.8) is 0 Å². The molecule has 1 amide bonds. The number of hydrogen-bond acceptors (Lipinski definition) is 3. The minimum atomic E-state index is -0.617. The Hall–Kier alpha value is -2.43. The van der Waals surface area contributed by atoms with Crippen LogP contribution in [0.3, 0.4) is 0 Å². The Morgan fingerprint density at radius 3 is 2.57 bits per heavy atom. The number of aliphatic carboxylic acids is 1. The van der Waals surface area contributed by atoms with Crippen LogP contribution in [0.1, 0.15) is 57.6 Å². The molecule has 7 rings (SSSR count). The number of carbonyl (C=O) groups is 2. The van der Waals surface area contributed by atoms with Gasteiger partial charge in [0.25, 0.3) is 0 Å². The predicted octanol–water partition coefficient (Wildman–Crippen LogP) is 4.42. The lowest BCUT2D eigenvalue weighted by atomic mass is 9.47. The summed E-state index contributed by atoms with van der Waals surface area (Å²) in [4.78, 5) is 32.0. The molecular formula is C25H28N2O3. The standard InChI is InChI=1S/C25H28N2O3/c1-24(2)21(19-5-3-4-15-13-26-7-6-18(15)19)27(22(24)28)20-16-8-14-9-17(20)12-25(10-14,11-16)23(29)30/h3-7,13-14,16-17,20-21H,8-12H2,1-2H3,(H,29,30)/t14?,16-,17?,20-,21?,25-/m0/s1. The molecule has 3 unspecified atom stereocenters. The number of carbonyl (C=O) groups excluding carboxylic acids is 1. The van der Waals surface area contributed by atoms with E-state index >= 15 is 0 Å². The maximum Gasteiger partial charge on any atom is 0.309 e. The maximum atomic E-state index is 13.4. The number of fused-ring (bicyclic) bond motifs is 1. The second kappa shape index (κ2) is 5.83. The van der Waals surface area contributed by atoms with Crippen LogP contribution in [-0.2, 0) is 9.59 Å². The van der Waals surface area contributed by atoms with Crippen molar-refractivity contribution >= 4 is 22.6 Å². The first kappa shape index (κ1) is 18.3. The highest BCUT2D eigenvalue weighted by Crippen LogP contribution is 2.64. The number of carboxylic acids is 1. The van der Waals surface area contributed by atoms with Crippen molar-refractivity contribution < 1.29 is 14.7 Å². The Balaban J connectivity index is 1.42. The summed E-state index contributed by atoms with van der Waals surface area (Å²) in [7, 11) is 0. The van der Waals surface area contributed by atoms with E-state index in [4.69, 9.17) is 0 Å². The van der Waals surface area contributed by atoms with E-state index in [9.17, 15) is 14.7 Å². The molecule has 1 saturated heterocycles. The largest absolute Gasteiger partial charge is 0.481 e. The third-order valence-electron chi connectivity index (χ3n) is 8.75. The van der Waals surface area contributed by atoms with E-state index < -0.39 is 16.8 Å². The lowest BCUT2D eigenvalue weighted by Gasteiger charge is -2.66. The van der Waals surface area contributed by atoms with Gasteiger partial charge in [-0.25, -0.2) is 0 Å². The third kappa shape index (κ3) is 2.21. The molecule has 1 aromatic carbocycles. The summed E-state index contributed by atoms with van der Waals surface area (Å²) in [6.45, 7) is 4.12. The van der Waals surface area contributed by atoms with E-state index in [1.807, 2.05) is 12.4 Å². The van der Waals surface area contributed by atoms with Crippen LogP contribution in [0.2, 0.25) is 0 Å². The van der Waals surface area contributed by atoms with Crippen LogP contribution in [0.15, 0.2) is 36.7 Å². The smallest absolute Gasteiger partial charge is 0.309 e. The van der Waals surface area contributed by atoms with Gasteiger partial charge in [0.1, 0.15) is 0 Å². The van der Waals surface area contributed by atoms with Gasteiger partial charge in [0, 0.05) is 23.8 Å². The molecule has 0 radical (unpaired) electrons. The van der Waals surface area contributed by atoms with Gasteiger partial charge in [0.05, 0.1) is 16.9 Å². The minimum absolute atomic E-state index is 0.0272. The predicted molar refractivity (Wildman–Crippen MR) is 113 cm³/mol. The molecule has 1 N–H and O–H groups in total. The molecule has 6 atom stereocenters. The fraction of sp³-hybridized carbons (Fsp3) is 0.560. The molecule has 1 aliphatic heterocycles. The van der Waals surface area contributed by atoms with Crippen molar-refractivity contribution in [3.05, 3.63) is 42.2 Å². The fourth-order valence-electron chi connectivity index (χ4n) is 7.79. The summed E-state index contributed by atoms with van der Waals surface area (Å²) < 4.78 is 0. The number of β-lactam (4-membered cyclic amide) rings is 1. The van der Waals surface area contributed by atoms with Gasteiger partial charge in [-0.2, -0.15) is 0 Å². The molecule has 5 aliphatic rings. The van der Waals surface area contributed by atoms with E-state index in [1.165, 1.54) is 5.56 Å². The summed E-state index contributed by atoms with van der Waals surface area (Å²) in [5.74, 6) is 0.744. The van der Waals surface area contributed by atoms with Gasteiger partial charge in [-0.15, -0.1) is 0 Å². The zero-order valence-electron chi connectivity index (χ0n) is 17.5. The number of carboxylic acid groups (broad SMARTS) is 1. The first-order valence-electron chi connectivity index (χ1n) is 11.2. The van der Waals surface area contributed by atoms with E-state index in [0.717, 1.165) is 42.9 Å². The molecule has 2 aromatic rings.